The SMILES string of the molecule is c1ccc(-c2cccc(-c3cc(-c4ccc5c(c4)c4ccc6sc7cccc8c9ccccc9c9ccccc9n5c4c6c78)nc(-c4ccccc4)n3)c2)cc1. The highest BCUT2D eigenvalue weighted by Gasteiger charge is 2.20. The molecule has 0 fully saturated rings. The highest BCUT2D eigenvalue weighted by atomic mass is 32.1. The van der Waals surface area contributed by atoms with Crippen molar-refractivity contribution in [2.24, 2.45) is 0 Å². The Morgan fingerprint density at radius 1 is 0.339 bits per heavy atom. The van der Waals surface area contributed by atoms with Gasteiger partial charge in [0, 0.05) is 53.0 Å². The molecular weight excluding hydrogens is 699 g/mol. The molecule has 56 heavy (non-hydrogen) atoms. The van der Waals surface area contributed by atoms with Crippen LogP contribution in [-0.4, -0.2) is 14.4 Å². The Morgan fingerprint density at radius 2 is 0.929 bits per heavy atom. The van der Waals surface area contributed by atoms with Gasteiger partial charge in [0.1, 0.15) is 0 Å². The minimum Gasteiger partial charge on any atom is -0.308 e. The zero-order valence-corrected chi connectivity index (χ0v) is 31.0. The zero-order valence-electron chi connectivity index (χ0n) is 30.1. The van der Waals surface area contributed by atoms with Crippen molar-refractivity contribution in [1.29, 1.82) is 0 Å². The van der Waals surface area contributed by atoms with Crippen LogP contribution in [0.2, 0.25) is 0 Å². The fourth-order valence-electron chi connectivity index (χ4n) is 8.84. The van der Waals surface area contributed by atoms with Crippen LogP contribution < -0.4 is 0 Å². The van der Waals surface area contributed by atoms with Gasteiger partial charge < -0.3 is 4.40 Å². The second kappa shape index (κ2) is 12.2. The second-order valence-electron chi connectivity index (χ2n) is 14.5. The van der Waals surface area contributed by atoms with Crippen LogP contribution in [-0.2, 0) is 0 Å². The van der Waals surface area contributed by atoms with Gasteiger partial charge in [-0.25, -0.2) is 9.97 Å². The van der Waals surface area contributed by atoms with Crippen molar-refractivity contribution in [2.45, 2.75) is 0 Å². The van der Waals surface area contributed by atoms with Crippen molar-refractivity contribution in [3.05, 3.63) is 188 Å². The summed E-state index contributed by atoms with van der Waals surface area (Å²) in [6.45, 7) is 0. The molecule has 0 radical (unpaired) electrons. The van der Waals surface area contributed by atoms with E-state index in [9.17, 15) is 0 Å². The summed E-state index contributed by atoms with van der Waals surface area (Å²) >= 11 is 1.88. The van der Waals surface area contributed by atoms with E-state index < -0.39 is 0 Å². The largest absolute Gasteiger partial charge is 0.308 e. The number of rotatable bonds is 4. The summed E-state index contributed by atoms with van der Waals surface area (Å²) in [6, 6.07) is 67.8. The maximum Gasteiger partial charge on any atom is 0.160 e. The Balaban J connectivity index is 1.17. The molecule has 0 aliphatic carbocycles. The van der Waals surface area contributed by atoms with Crippen LogP contribution in [0.5, 0.6) is 0 Å². The maximum atomic E-state index is 5.26. The van der Waals surface area contributed by atoms with E-state index in [2.05, 4.69) is 174 Å². The summed E-state index contributed by atoms with van der Waals surface area (Å²) in [5, 5.41) is 10.1. The third-order valence-corrected chi connectivity index (χ3v) is 12.5. The summed E-state index contributed by atoms with van der Waals surface area (Å²) in [7, 11) is 0. The molecule has 12 rings (SSSR count). The average Bonchev–Trinajstić information content (AvgIpc) is 3.83. The number of thiophene rings is 1. The number of benzene rings is 8. The molecule has 0 unspecified atom stereocenters. The Bertz CT molecular complexity index is 3510. The van der Waals surface area contributed by atoms with E-state index in [0.29, 0.717) is 5.82 Å². The lowest BCUT2D eigenvalue weighted by Gasteiger charge is -2.11. The van der Waals surface area contributed by atoms with Crippen molar-refractivity contribution in [1.82, 2.24) is 14.4 Å². The highest BCUT2D eigenvalue weighted by Crippen LogP contribution is 2.46. The molecule has 8 aromatic carbocycles. The Hall–Kier alpha value is -7.14. The van der Waals surface area contributed by atoms with Gasteiger partial charge >= 0.3 is 0 Å². The van der Waals surface area contributed by atoms with Crippen LogP contribution in [0.1, 0.15) is 0 Å². The molecule has 4 heteroatoms. The molecule has 0 spiro atoms. The number of nitrogens with zero attached hydrogens (tertiary/aromatic N) is 3. The van der Waals surface area contributed by atoms with Gasteiger partial charge in [-0.2, -0.15) is 0 Å². The molecule has 3 nitrogen and oxygen atoms in total. The third kappa shape index (κ3) is 4.70. The first kappa shape index (κ1) is 31.2. The Kier molecular flexibility index (Phi) is 6.80. The van der Waals surface area contributed by atoms with Gasteiger partial charge in [-0.1, -0.05) is 146 Å². The molecule has 4 aromatic heterocycles. The number of hydrogen-bond acceptors (Lipinski definition) is 3. The van der Waals surface area contributed by atoms with Gasteiger partial charge in [0.15, 0.2) is 5.82 Å². The monoisotopic (exact) mass is 729 g/mol. The van der Waals surface area contributed by atoms with Crippen molar-refractivity contribution < 1.29 is 0 Å². The van der Waals surface area contributed by atoms with E-state index in [4.69, 9.17) is 9.97 Å². The van der Waals surface area contributed by atoms with Gasteiger partial charge in [-0.15, -0.1) is 11.3 Å². The maximum absolute atomic E-state index is 5.26. The summed E-state index contributed by atoms with van der Waals surface area (Å²) in [5.74, 6) is 0.708. The van der Waals surface area contributed by atoms with Crippen molar-refractivity contribution in [3.63, 3.8) is 0 Å². The molecule has 0 saturated carbocycles. The van der Waals surface area contributed by atoms with Crippen LogP contribution in [0.25, 0.3) is 114 Å². The van der Waals surface area contributed by atoms with Gasteiger partial charge in [0.05, 0.1) is 27.9 Å². The number of para-hydroxylation sites is 1. The minimum absolute atomic E-state index is 0.708. The molecule has 0 amide bonds. The van der Waals surface area contributed by atoms with E-state index >= 15 is 0 Å². The molecule has 12 aromatic rings. The lowest BCUT2D eigenvalue weighted by molar-refractivity contribution is 1.18. The van der Waals surface area contributed by atoms with Crippen molar-refractivity contribution >= 4 is 80.4 Å². The molecular formula is C52H31N3S. The predicted octanol–water partition coefficient (Wildman–Crippen LogP) is 14.4. The van der Waals surface area contributed by atoms with Gasteiger partial charge in [-0.05, 0) is 69.8 Å². The van der Waals surface area contributed by atoms with Gasteiger partial charge in [0.2, 0.25) is 0 Å². The number of aromatic nitrogens is 3. The van der Waals surface area contributed by atoms with E-state index in [0.717, 1.165) is 33.6 Å². The molecule has 0 saturated heterocycles. The molecule has 0 atom stereocenters. The minimum atomic E-state index is 0.708. The highest BCUT2D eigenvalue weighted by molar-refractivity contribution is 7.26. The molecule has 0 aliphatic heterocycles. The normalized spacial score (nSPS) is 11.9. The molecule has 4 heterocycles. The Morgan fingerprint density at radius 3 is 1.73 bits per heavy atom. The average molecular weight is 730 g/mol. The van der Waals surface area contributed by atoms with Crippen LogP contribution in [0.4, 0.5) is 0 Å². The summed E-state index contributed by atoms with van der Waals surface area (Å²) < 4.78 is 5.13. The molecule has 0 bridgehead atoms. The first-order valence-corrected chi connectivity index (χ1v) is 19.8. The van der Waals surface area contributed by atoms with Gasteiger partial charge in [0.25, 0.3) is 0 Å². The van der Waals surface area contributed by atoms with E-state index in [1.54, 1.807) is 0 Å². The van der Waals surface area contributed by atoms with E-state index in [-0.39, 0.29) is 0 Å². The second-order valence-corrected chi connectivity index (χ2v) is 15.6. The molecule has 0 N–H and O–H groups in total. The zero-order chi connectivity index (χ0) is 36.7. The fourth-order valence-corrected chi connectivity index (χ4v) is 9.97. The first-order valence-electron chi connectivity index (χ1n) is 19.0. The van der Waals surface area contributed by atoms with Crippen molar-refractivity contribution in [3.8, 4) is 45.0 Å². The van der Waals surface area contributed by atoms with Crippen LogP contribution >= 0.6 is 11.3 Å². The summed E-state index contributed by atoms with van der Waals surface area (Å²) in [4.78, 5) is 10.4. The fraction of sp³-hybridized carbons (Fsp3) is 0. The van der Waals surface area contributed by atoms with Crippen LogP contribution in [0.3, 0.4) is 0 Å². The third-order valence-electron chi connectivity index (χ3n) is 11.4. The number of fused-ring (bicyclic) bond motifs is 8. The van der Waals surface area contributed by atoms with E-state index in [1.165, 1.54) is 74.6 Å². The molecule has 0 aliphatic rings. The topological polar surface area (TPSA) is 30.2 Å². The summed E-state index contributed by atoms with van der Waals surface area (Å²) in [6.07, 6.45) is 0. The lowest BCUT2D eigenvalue weighted by Crippen LogP contribution is -1.96. The van der Waals surface area contributed by atoms with Gasteiger partial charge in [-0.3, -0.25) is 0 Å². The first-order chi connectivity index (χ1) is 27.8. The Labute approximate surface area is 326 Å². The molecule has 260 valence electrons. The lowest BCUT2D eigenvalue weighted by atomic mass is 9.99. The predicted molar refractivity (Wildman–Crippen MR) is 238 cm³/mol. The quantitative estimate of drug-likeness (QED) is 0.181. The summed E-state index contributed by atoms with van der Waals surface area (Å²) in [5.41, 5.74) is 10.8. The van der Waals surface area contributed by atoms with Crippen LogP contribution in [0, 0.1) is 0 Å². The standard InChI is InChI=1S/C52H31N3S/c1-3-13-32(14-4-1)34-17-11-18-35(29-34)43-31-44(54-52(53-43)33-15-5-2-6-16-33)36-25-27-46-42(30-36)41-26-28-48-50-49-40(22-12-24-47(49)56-48)38-20-8-7-19-37(38)39-21-9-10-23-45(39)55(46)51(41)50/h1-31H. The van der Waals surface area contributed by atoms with E-state index in [1.807, 2.05) is 29.5 Å². The smallest absolute Gasteiger partial charge is 0.160 e. The van der Waals surface area contributed by atoms with Crippen LogP contribution in [0.15, 0.2) is 188 Å². The van der Waals surface area contributed by atoms with Crippen molar-refractivity contribution in [2.75, 3.05) is 0 Å². The number of hydrogen-bond donors (Lipinski definition) is 0.